The van der Waals surface area contributed by atoms with Gasteiger partial charge in [-0.2, -0.15) is 4.98 Å². The number of rotatable bonds is 21. The van der Waals surface area contributed by atoms with E-state index in [4.69, 9.17) is 44.2 Å². The number of ether oxygens (including phenoxy) is 5. The number of benzene rings is 3. The van der Waals surface area contributed by atoms with E-state index in [1.807, 2.05) is 0 Å². The fourth-order valence-electron chi connectivity index (χ4n) is 7.73. The zero-order valence-corrected chi connectivity index (χ0v) is 40.9. The quantitative estimate of drug-likeness (QED) is 0.0358. The van der Waals surface area contributed by atoms with Crippen LogP contribution in [-0.2, 0) is 64.3 Å². The molecule has 8 rings (SSSR count). The van der Waals surface area contributed by atoms with Gasteiger partial charge in [0.05, 0.1) is 26.0 Å². The molecule has 6 aromatic rings. The molecule has 0 radical (unpaired) electrons. The largest absolute Gasteiger partial charge is 0.491 e. The van der Waals surface area contributed by atoms with Crippen molar-refractivity contribution in [2.24, 2.45) is 0 Å². The first-order valence-electron chi connectivity index (χ1n) is 22.5. The Morgan fingerprint density at radius 1 is 0.816 bits per heavy atom. The highest BCUT2D eigenvalue weighted by Crippen LogP contribution is 2.50. The molecular formula is C44H47FN10O19P2. The van der Waals surface area contributed by atoms with Crippen molar-refractivity contribution in [3.8, 4) is 5.75 Å². The number of imidazole rings is 1. The van der Waals surface area contributed by atoms with Gasteiger partial charge < -0.3 is 70.7 Å². The third kappa shape index (κ3) is 13.9. The van der Waals surface area contributed by atoms with Crippen molar-refractivity contribution in [3.63, 3.8) is 0 Å². The topological polar surface area (TPSA) is 415 Å². The number of fused-ring (bicyclic) bond motifs is 1. The Balaban J connectivity index is 0.976. The minimum Gasteiger partial charge on any atom is -0.491 e. The molecule has 2 aliphatic rings. The molecule has 404 valence electrons. The Morgan fingerprint density at radius 3 is 2.17 bits per heavy atom. The average Bonchev–Trinajstić information content (AvgIpc) is 4.05. The summed E-state index contributed by atoms with van der Waals surface area (Å²) in [5.74, 6) is -2.06. The minimum absolute atomic E-state index is 0.0124. The number of anilines is 3. The maximum absolute atomic E-state index is 14.2. The maximum atomic E-state index is 14.2. The van der Waals surface area contributed by atoms with Crippen molar-refractivity contribution in [1.82, 2.24) is 34.4 Å². The predicted octanol–water partition coefficient (Wildman–Crippen LogP) is 0.982. The molecule has 3 aromatic carbocycles. The molecule has 2 aliphatic heterocycles. The normalized spacial score (nSPS) is 22.6. The maximum Gasteiger partial charge on any atom is 0.472 e. The van der Waals surface area contributed by atoms with Crippen molar-refractivity contribution in [2.45, 2.75) is 68.1 Å². The SMILES string of the molecule is Nc1ccn([C@@H]2O[C@H](COP(=O)(O)O)[C@@H](OP(=O)(O)OC[C@H]3O[C@@H](n4cnc5c(N)ncnc54)[C@H](O)[C@@H]3OC(=O)[C@@H](COc3ccccc3)NC(=O)OCc3ccc(NC(=O)Cc4ccc(F)cc4)cc3)[C@H]2O)c(=O)n1. The Hall–Kier alpha value is -7.31. The first-order chi connectivity index (χ1) is 36.2. The molecule has 29 nitrogen and oxygen atoms in total. The van der Waals surface area contributed by atoms with Crippen LogP contribution >= 0.6 is 15.6 Å². The summed E-state index contributed by atoms with van der Waals surface area (Å²) in [6.45, 7) is -3.03. The molecule has 0 bridgehead atoms. The van der Waals surface area contributed by atoms with Crippen LogP contribution in [0, 0.1) is 5.82 Å². The van der Waals surface area contributed by atoms with E-state index in [9.17, 15) is 57.6 Å². The summed E-state index contributed by atoms with van der Waals surface area (Å²) >= 11 is 0. The van der Waals surface area contributed by atoms with E-state index in [2.05, 4.69) is 35.1 Å². The molecule has 76 heavy (non-hydrogen) atoms. The fraction of sp³-hybridized carbons (Fsp3) is 0.318. The third-order valence-corrected chi connectivity index (χ3v) is 12.8. The highest BCUT2D eigenvalue weighted by atomic mass is 31.2. The van der Waals surface area contributed by atoms with Crippen molar-refractivity contribution >= 4 is 62.1 Å². The Bertz CT molecular complexity index is 3180. The summed E-state index contributed by atoms with van der Waals surface area (Å²) in [5, 5.41) is 28.2. The van der Waals surface area contributed by atoms with E-state index in [-0.39, 0.29) is 47.5 Å². The zero-order valence-electron chi connectivity index (χ0n) is 39.1. The van der Waals surface area contributed by atoms with Gasteiger partial charge in [-0.3, -0.25) is 27.5 Å². The number of aromatic nitrogens is 6. The van der Waals surface area contributed by atoms with Crippen LogP contribution in [0.25, 0.3) is 11.2 Å². The molecule has 1 unspecified atom stereocenters. The van der Waals surface area contributed by atoms with Crippen LogP contribution in [0.1, 0.15) is 23.6 Å². The molecule has 0 aliphatic carbocycles. The van der Waals surface area contributed by atoms with Gasteiger partial charge in [0.1, 0.15) is 73.0 Å². The van der Waals surface area contributed by atoms with Crippen LogP contribution in [0.5, 0.6) is 5.75 Å². The number of phosphoric acid groups is 2. The molecule has 5 heterocycles. The van der Waals surface area contributed by atoms with E-state index in [1.54, 1.807) is 54.6 Å². The summed E-state index contributed by atoms with van der Waals surface area (Å²) in [4.78, 5) is 98.3. The molecule has 2 fully saturated rings. The van der Waals surface area contributed by atoms with Crippen molar-refractivity contribution in [1.29, 1.82) is 0 Å². The number of nitrogens with two attached hydrogens (primary N) is 2. The molecule has 32 heteroatoms. The van der Waals surface area contributed by atoms with Gasteiger partial charge in [0.15, 0.2) is 36.1 Å². The van der Waals surface area contributed by atoms with E-state index >= 15 is 0 Å². The fourth-order valence-corrected chi connectivity index (χ4v) is 9.04. The molecule has 3 aromatic heterocycles. The number of aliphatic hydroxyl groups is 2. The van der Waals surface area contributed by atoms with Gasteiger partial charge in [-0.1, -0.05) is 42.5 Å². The number of para-hydroxylation sites is 1. The van der Waals surface area contributed by atoms with E-state index in [0.717, 1.165) is 23.2 Å². The van der Waals surface area contributed by atoms with Crippen molar-refractivity contribution in [3.05, 3.63) is 131 Å². The highest BCUT2D eigenvalue weighted by Gasteiger charge is 2.52. The number of esters is 1. The predicted molar refractivity (Wildman–Crippen MR) is 255 cm³/mol. The monoisotopic (exact) mass is 1100 g/mol. The van der Waals surface area contributed by atoms with Crippen molar-refractivity contribution < 1.29 is 90.1 Å². The van der Waals surface area contributed by atoms with Gasteiger partial charge in [0.25, 0.3) is 0 Å². The standard InChI is InChI=1S/C44H47FN10O19P2/c45-25-10-6-23(7-11-25)16-32(56)51-26-12-8-24(9-13-26)17-68-44(61)52-28(18-67-27-4-2-1-3-5-27)42(59)73-36-29(71-41(34(36)57)55-22-50-33-38(47)48-21-49-39(33)55)20-70-76(65,66)74-37-30(19-69-75(62,63)64)72-40(35(37)58)54-15-14-31(46)53-43(54)60/h1-15,21-22,28-30,34-37,40-41,57-58H,16-20H2,(H,51,56)(H,52,61)(H,65,66)(H2,46,53,60)(H2,47,48,49)(H2,62,63,64)/t28-,29-,30-,34-,35-,36-,37-,40-,41-/m1/s1. The van der Waals surface area contributed by atoms with Crippen LogP contribution in [-0.4, -0.2) is 134 Å². The molecule has 0 spiro atoms. The lowest BCUT2D eigenvalue weighted by molar-refractivity contribution is -0.159. The Morgan fingerprint density at radius 2 is 1.47 bits per heavy atom. The first-order valence-corrected chi connectivity index (χ1v) is 25.5. The Labute approximate surface area is 427 Å². The number of alkyl carbamates (subject to hydrolysis) is 1. The second-order valence-corrected chi connectivity index (χ2v) is 19.3. The Kier molecular flexibility index (Phi) is 17.1. The second kappa shape index (κ2) is 23.7. The molecule has 0 saturated carbocycles. The molecule has 2 saturated heterocycles. The number of carbonyl (C=O) groups excluding carboxylic acids is 3. The zero-order chi connectivity index (χ0) is 54.3. The molecule has 10 atom stereocenters. The number of hydrogen-bond donors (Lipinski definition) is 9. The van der Waals surface area contributed by atoms with Crippen LogP contribution in [0.15, 0.2) is 109 Å². The van der Waals surface area contributed by atoms with Crippen LogP contribution in [0.2, 0.25) is 0 Å². The van der Waals surface area contributed by atoms with Crippen molar-refractivity contribution in [2.75, 3.05) is 36.6 Å². The lowest BCUT2D eigenvalue weighted by atomic mass is 10.1. The molecule has 11 N–H and O–H groups in total. The smallest absolute Gasteiger partial charge is 0.472 e. The summed E-state index contributed by atoms with van der Waals surface area (Å²) in [6.07, 6.45) is -12.4. The number of nitrogens with one attached hydrogen (secondary N) is 2. The van der Waals surface area contributed by atoms with Gasteiger partial charge in [-0.25, -0.2) is 42.9 Å². The van der Waals surface area contributed by atoms with Gasteiger partial charge in [0.2, 0.25) is 5.91 Å². The van der Waals surface area contributed by atoms with Gasteiger partial charge in [-0.05, 0) is 53.6 Å². The summed E-state index contributed by atoms with van der Waals surface area (Å²) in [6, 6.07) is 19.3. The number of hydrogen-bond acceptors (Lipinski definition) is 22. The molecule has 2 amide bonds. The summed E-state index contributed by atoms with van der Waals surface area (Å²) in [7, 11) is -10.7. The summed E-state index contributed by atoms with van der Waals surface area (Å²) < 4.78 is 84.2. The van der Waals surface area contributed by atoms with E-state index in [0.29, 0.717) is 16.8 Å². The minimum atomic E-state index is -5.51. The third-order valence-electron chi connectivity index (χ3n) is 11.3. The van der Waals surface area contributed by atoms with Gasteiger partial charge >= 0.3 is 33.4 Å². The van der Waals surface area contributed by atoms with Crippen LogP contribution in [0.3, 0.4) is 0 Å². The first kappa shape index (κ1) is 54.9. The number of nitrogens with zero attached hydrogens (tertiary/aromatic N) is 6. The van der Waals surface area contributed by atoms with E-state index in [1.165, 1.54) is 35.2 Å². The number of nitrogen functional groups attached to an aromatic ring is 2. The lowest BCUT2D eigenvalue weighted by Gasteiger charge is -2.26. The second-order valence-electron chi connectivity index (χ2n) is 16.7. The number of carbonyl (C=O) groups is 3. The van der Waals surface area contributed by atoms with Crippen LogP contribution in [0.4, 0.5) is 26.5 Å². The number of halogens is 1. The lowest BCUT2D eigenvalue weighted by Crippen LogP contribution is -2.49. The number of aliphatic hydroxyl groups excluding tert-OH is 2. The van der Waals surface area contributed by atoms with E-state index < -0.39 is 114 Å². The highest BCUT2D eigenvalue weighted by molar-refractivity contribution is 7.47. The summed E-state index contributed by atoms with van der Waals surface area (Å²) in [5.41, 5.74) is 12.1. The number of amides is 2. The molecular weight excluding hydrogens is 1050 g/mol. The number of phosphoric ester groups is 2. The average molecular weight is 1100 g/mol. The van der Waals surface area contributed by atoms with Crippen LogP contribution < -0.4 is 32.5 Å². The van der Waals surface area contributed by atoms with Gasteiger partial charge in [0, 0.05) is 11.9 Å². The van der Waals surface area contributed by atoms with Gasteiger partial charge in [-0.15, -0.1) is 0 Å².